The smallest absolute Gasteiger partial charge is 0.240 e. The van der Waals surface area contributed by atoms with E-state index < -0.39 is 5.95 Å². The summed E-state index contributed by atoms with van der Waals surface area (Å²) >= 11 is 0. The Morgan fingerprint density at radius 2 is 2.31 bits per heavy atom. The molecule has 0 bridgehead atoms. The summed E-state index contributed by atoms with van der Waals surface area (Å²) in [5, 5.41) is 4.27. The molecule has 0 radical (unpaired) electrons. The lowest BCUT2D eigenvalue weighted by atomic mass is 10.2. The van der Waals surface area contributed by atoms with Crippen molar-refractivity contribution in [1.82, 2.24) is 9.78 Å². The molecule has 2 N–H and O–H groups in total. The van der Waals surface area contributed by atoms with Crippen molar-refractivity contribution in [2.75, 3.05) is 5.73 Å². The molecule has 0 aliphatic rings. The van der Waals surface area contributed by atoms with Gasteiger partial charge >= 0.3 is 0 Å². The standard InChI is InChI=1S/C9H10FN3/c1-2-13-8-5-6(11)3-4-7(8)9(10)12-13/h3-5H,2,11H2,1H3. The third-order valence-electron chi connectivity index (χ3n) is 2.03. The van der Waals surface area contributed by atoms with E-state index in [-0.39, 0.29) is 0 Å². The second-order valence-electron chi connectivity index (χ2n) is 2.88. The van der Waals surface area contributed by atoms with Crippen LogP contribution in [0.5, 0.6) is 0 Å². The number of anilines is 1. The molecule has 0 spiro atoms. The zero-order valence-corrected chi connectivity index (χ0v) is 7.29. The summed E-state index contributed by atoms with van der Waals surface area (Å²) in [7, 11) is 0. The normalized spacial score (nSPS) is 10.9. The van der Waals surface area contributed by atoms with Crippen molar-refractivity contribution in [2.45, 2.75) is 13.5 Å². The van der Waals surface area contributed by atoms with E-state index in [4.69, 9.17) is 5.73 Å². The van der Waals surface area contributed by atoms with Crippen LogP contribution in [0, 0.1) is 5.95 Å². The maximum Gasteiger partial charge on any atom is 0.240 e. The summed E-state index contributed by atoms with van der Waals surface area (Å²) in [5.41, 5.74) is 6.97. The van der Waals surface area contributed by atoms with Crippen molar-refractivity contribution in [3.8, 4) is 0 Å². The Labute approximate surface area is 75.0 Å². The van der Waals surface area contributed by atoms with Gasteiger partial charge < -0.3 is 5.73 Å². The molecule has 3 nitrogen and oxygen atoms in total. The number of hydrogen-bond donors (Lipinski definition) is 1. The third kappa shape index (κ3) is 1.14. The fourth-order valence-electron chi connectivity index (χ4n) is 1.39. The van der Waals surface area contributed by atoms with Crippen molar-refractivity contribution in [3.63, 3.8) is 0 Å². The molecule has 0 saturated heterocycles. The van der Waals surface area contributed by atoms with Crippen molar-refractivity contribution in [3.05, 3.63) is 24.1 Å². The van der Waals surface area contributed by atoms with Crippen LogP contribution in [0.1, 0.15) is 6.92 Å². The number of halogens is 1. The van der Waals surface area contributed by atoms with Gasteiger partial charge in [-0.2, -0.15) is 4.39 Å². The summed E-state index contributed by atoms with van der Waals surface area (Å²) in [6, 6.07) is 5.06. The number of fused-ring (bicyclic) bond motifs is 1. The summed E-state index contributed by atoms with van der Waals surface area (Å²) < 4.78 is 14.8. The highest BCUT2D eigenvalue weighted by atomic mass is 19.1. The molecule has 0 atom stereocenters. The molecule has 0 saturated carbocycles. The fraction of sp³-hybridized carbons (Fsp3) is 0.222. The minimum absolute atomic E-state index is 0.433. The first-order valence-electron chi connectivity index (χ1n) is 4.14. The predicted octanol–water partition coefficient (Wildman–Crippen LogP) is 1.78. The second kappa shape index (κ2) is 2.73. The SMILES string of the molecule is CCn1nc(F)c2ccc(N)cc21. The average Bonchev–Trinajstić information content (AvgIpc) is 2.42. The highest BCUT2D eigenvalue weighted by Crippen LogP contribution is 2.19. The van der Waals surface area contributed by atoms with Gasteiger partial charge in [0.2, 0.25) is 5.95 Å². The van der Waals surface area contributed by atoms with Crippen LogP contribution in [0.25, 0.3) is 10.9 Å². The molecule has 2 aromatic rings. The summed E-state index contributed by atoms with van der Waals surface area (Å²) in [4.78, 5) is 0. The molecule has 0 amide bonds. The van der Waals surface area contributed by atoms with E-state index in [0.29, 0.717) is 17.6 Å². The van der Waals surface area contributed by atoms with Crippen LogP contribution in [-0.4, -0.2) is 9.78 Å². The molecule has 0 aliphatic carbocycles. The molecule has 0 fully saturated rings. The molecule has 2 rings (SSSR count). The van der Waals surface area contributed by atoms with Crippen molar-refractivity contribution in [1.29, 1.82) is 0 Å². The van der Waals surface area contributed by atoms with Crippen LogP contribution in [0.15, 0.2) is 18.2 Å². The lowest BCUT2D eigenvalue weighted by molar-refractivity contribution is 0.543. The highest BCUT2D eigenvalue weighted by molar-refractivity contribution is 5.82. The van der Waals surface area contributed by atoms with Crippen LogP contribution in [0.2, 0.25) is 0 Å². The number of aromatic nitrogens is 2. The van der Waals surface area contributed by atoms with E-state index in [1.54, 1.807) is 22.9 Å². The van der Waals surface area contributed by atoms with Crippen molar-refractivity contribution < 1.29 is 4.39 Å². The summed E-state index contributed by atoms with van der Waals surface area (Å²) in [6.07, 6.45) is 0. The Morgan fingerprint density at radius 1 is 1.54 bits per heavy atom. The molecule has 13 heavy (non-hydrogen) atoms. The van der Waals surface area contributed by atoms with Gasteiger partial charge in [-0.25, -0.2) is 0 Å². The second-order valence-corrected chi connectivity index (χ2v) is 2.88. The Kier molecular flexibility index (Phi) is 1.69. The number of benzene rings is 1. The minimum Gasteiger partial charge on any atom is -0.399 e. The molecule has 0 unspecified atom stereocenters. The molecule has 1 aromatic carbocycles. The summed E-state index contributed by atoms with van der Waals surface area (Å²) in [6.45, 7) is 2.55. The number of nitrogens with zero attached hydrogens (tertiary/aromatic N) is 2. The van der Waals surface area contributed by atoms with Crippen molar-refractivity contribution in [2.24, 2.45) is 0 Å². The topological polar surface area (TPSA) is 43.8 Å². The molecule has 68 valence electrons. The fourth-order valence-corrected chi connectivity index (χ4v) is 1.39. The van der Waals surface area contributed by atoms with E-state index >= 15 is 0 Å². The number of rotatable bonds is 1. The summed E-state index contributed by atoms with van der Waals surface area (Å²) in [5.74, 6) is -0.433. The largest absolute Gasteiger partial charge is 0.399 e. The molecular weight excluding hydrogens is 169 g/mol. The van der Waals surface area contributed by atoms with Crippen LogP contribution in [-0.2, 0) is 6.54 Å². The van der Waals surface area contributed by atoms with Crippen molar-refractivity contribution >= 4 is 16.6 Å². The zero-order valence-electron chi connectivity index (χ0n) is 7.29. The number of nitrogen functional groups attached to an aromatic ring is 1. The van der Waals surface area contributed by atoms with Gasteiger partial charge in [0.1, 0.15) is 0 Å². The molecule has 0 aliphatic heterocycles. The van der Waals surface area contributed by atoms with E-state index in [1.165, 1.54) is 0 Å². The maximum atomic E-state index is 13.2. The molecule has 4 heteroatoms. The Morgan fingerprint density at radius 3 is 3.00 bits per heavy atom. The Bertz CT molecular complexity index is 447. The number of hydrogen-bond acceptors (Lipinski definition) is 2. The van der Waals surface area contributed by atoms with Gasteiger partial charge in [0, 0.05) is 12.2 Å². The van der Waals surface area contributed by atoms with E-state index in [2.05, 4.69) is 5.10 Å². The van der Waals surface area contributed by atoms with Crippen LogP contribution >= 0.6 is 0 Å². The van der Waals surface area contributed by atoms with E-state index in [1.807, 2.05) is 6.92 Å². The minimum atomic E-state index is -0.433. The number of aryl methyl sites for hydroxylation is 1. The third-order valence-corrected chi connectivity index (χ3v) is 2.03. The van der Waals surface area contributed by atoms with Gasteiger partial charge in [-0.05, 0) is 25.1 Å². The van der Waals surface area contributed by atoms with Gasteiger partial charge in [-0.3, -0.25) is 4.68 Å². The Balaban J connectivity index is 2.81. The molecule has 1 heterocycles. The van der Waals surface area contributed by atoms with Crippen LogP contribution < -0.4 is 5.73 Å². The monoisotopic (exact) mass is 179 g/mol. The van der Waals surface area contributed by atoms with E-state index in [9.17, 15) is 4.39 Å². The zero-order chi connectivity index (χ0) is 9.42. The number of nitrogens with two attached hydrogens (primary N) is 1. The van der Waals surface area contributed by atoms with Gasteiger partial charge in [-0.1, -0.05) is 0 Å². The Hall–Kier alpha value is -1.58. The van der Waals surface area contributed by atoms with Crippen LogP contribution in [0.3, 0.4) is 0 Å². The quantitative estimate of drug-likeness (QED) is 0.678. The first-order valence-corrected chi connectivity index (χ1v) is 4.14. The van der Waals surface area contributed by atoms with Gasteiger partial charge in [0.05, 0.1) is 10.9 Å². The van der Waals surface area contributed by atoms with E-state index in [0.717, 1.165) is 5.52 Å². The maximum absolute atomic E-state index is 13.2. The predicted molar refractivity (Wildman–Crippen MR) is 49.8 cm³/mol. The first kappa shape index (κ1) is 8.04. The highest BCUT2D eigenvalue weighted by Gasteiger charge is 2.08. The van der Waals surface area contributed by atoms with Gasteiger partial charge in [0.15, 0.2) is 0 Å². The lowest BCUT2D eigenvalue weighted by Crippen LogP contribution is -1.96. The lowest BCUT2D eigenvalue weighted by Gasteiger charge is -1.97. The van der Waals surface area contributed by atoms with Gasteiger partial charge in [-0.15, -0.1) is 5.10 Å². The molecule has 1 aromatic heterocycles. The van der Waals surface area contributed by atoms with Gasteiger partial charge in [0.25, 0.3) is 0 Å². The average molecular weight is 179 g/mol. The first-order chi connectivity index (χ1) is 6.22. The van der Waals surface area contributed by atoms with Crippen LogP contribution in [0.4, 0.5) is 10.1 Å². The molecular formula is C9H10FN3.